The van der Waals surface area contributed by atoms with Crippen LogP contribution in [0.3, 0.4) is 0 Å². The molecule has 3 aromatic carbocycles. The maximum atomic E-state index is 15.5. The minimum absolute atomic E-state index is 0.00744. The molecule has 1 saturated carbocycles. The largest absolute Gasteiger partial charge is 0.493 e. The van der Waals surface area contributed by atoms with Gasteiger partial charge in [-0.05, 0) is 79.5 Å². The molecule has 5 aromatic rings. The minimum atomic E-state index is -4.09. The summed E-state index contributed by atoms with van der Waals surface area (Å²) in [6, 6.07) is 8.24. The summed E-state index contributed by atoms with van der Waals surface area (Å²) in [7, 11) is -2.67. The van der Waals surface area contributed by atoms with Gasteiger partial charge in [-0.1, -0.05) is 23.8 Å². The number of alkyl halides is 4. The van der Waals surface area contributed by atoms with Crippen molar-refractivity contribution in [3.8, 4) is 11.4 Å². The van der Waals surface area contributed by atoms with E-state index in [0.29, 0.717) is 23.1 Å². The number of benzene rings is 3. The molecule has 2 aromatic heterocycles. The normalized spacial score (nSPS) is 19.5. The van der Waals surface area contributed by atoms with Gasteiger partial charge in [-0.2, -0.15) is 13.9 Å². The molecule has 8 rings (SSSR count). The number of sulfonamides is 1. The van der Waals surface area contributed by atoms with Crippen LogP contribution in [0.4, 0.5) is 32.0 Å². The SMILES string of the molecule is CNc1c(-n2c([C@H](Cc3cc(F)cc(F)c3)NC(=O)Cn3nc(C(F)F)c4c3C(F)(F)[C@@H]3C[C@H]43)nc3cc(OCC4CC=CCC4)ccc3c2=O)ccc(Cl)c1C(N)=NS(C)(=O)=O. The molecule has 4 atom stereocenters. The van der Waals surface area contributed by atoms with Gasteiger partial charge in [0.2, 0.25) is 5.91 Å². The van der Waals surface area contributed by atoms with Crippen LogP contribution in [-0.2, 0) is 33.7 Å². The van der Waals surface area contributed by atoms with Crippen molar-refractivity contribution in [2.24, 2.45) is 22.0 Å². The van der Waals surface area contributed by atoms with Crippen LogP contribution in [0.25, 0.3) is 16.6 Å². The summed E-state index contributed by atoms with van der Waals surface area (Å²) in [6.45, 7) is -0.639. The zero-order valence-electron chi connectivity index (χ0n) is 33.5. The first-order valence-corrected chi connectivity index (χ1v) is 22.0. The lowest BCUT2D eigenvalue weighted by molar-refractivity contribution is -0.123. The van der Waals surface area contributed by atoms with E-state index >= 15 is 8.78 Å². The van der Waals surface area contributed by atoms with Gasteiger partial charge in [-0.15, -0.1) is 4.40 Å². The molecule has 4 N–H and O–H groups in total. The van der Waals surface area contributed by atoms with Crippen molar-refractivity contribution in [1.29, 1.82) is 0 Å². The highest BCUT2D eigenvalue weighted by molar-refractivity contribution is 7.89. The van der Waals surface area contributed by atoms with Crippen molar-refractivity contribution in [3.63, 3.8) is 0 Å². The molecule has 332 valence electrons. The third kappa shape index (κ3) is 8.61. The fraction of sp³-hybridized carbons (Fsp3) is 0.357. The van der Waals surface area contributed by atoms with Crippen LogP contribution in [-0.4, -0.2) is 59.4 Å². The Morgan fingerprint density at radius 1 is 1.11 bits per heavy atom. The van der Waals surface area contributed by atoms with Crippen LogP contribution in [0.5, 0.6) is 5.75 Å². The molecule has 0 saturated heterocycles. The third-order valence-corrected chi connectivity index (χ3v) is 12.2. The molecule has 0 bridgehead atoms. The van der Waals surface area contributed by atoms with E-state index in [1.807, 2.05) is 0 Å². The van der Waals surface area contributed by atoms with Crippen molar-refractivity contribution in [2.45, 2.75) is 63.0 Å². The highest BCUT2D eigenvalue weighted by Gasteiger charge is 2.67. The Kier molecular flexibility index (Phi) is 11.6. The van der Waals surface area contributed by atoms with Gasteiger partial charge in [0.25, 0.3) is 27.9 Å². The van der Waals surface area contributed by atoms with E-state index < -0.39 is 93.5 Å². The number of amidine groups is 1. The summed E-state index contributed by atoms with van der Waals surface area (Å²) in [6.07, 6.45) is 3.87. The van der Waals surface area contributed by atoms with Gasteiger partial charge in [0.1, 0.15) is 47.0 Å². The van der Waals surface area contributed by atoms with Gasteiger partial charge >= 0.3 is 0 Å². The van der Waals surface area contributed by atoms with Crippen molar-refractivity contribution in [2.75, 3.05) is 25.2 Å². The molecule has 1 amide bonds. The van der Waals surface area contributed by atoms with E-state index in [2.05, 4.69) is 32.3 Å². The quantitative estimate of drug-likeness (QED) is 0.0450. The van der Waals surface area contributed by atoms with Gasteiger partial charge in [-0.3, -0.25) is 18.8 Å². The molecule has 63 heavy (non-hydrogen) atoms. The van der Waals surface area contributed by atoms with E-state index in [0.717, 1.165) is 42.2 Å². The second-order valence-corrected chi connectivity index (χ2v) is 17.9. The average molecular weight is 917 g/mol. The second-order valence-electron chi connectivity index (χ2n) is 15.8. The van der Waals surface area contributed by atoms with Gasteiger partial charge in [0.15, 0.2) is 0 Å². The van der Waals surface area contributed by atoms with Crippen LogP contribution in [0.2, 0.25) is 5.02 Å². The molecule has 3 aliphatic rings. The molecule has 0 spiro atoms. The maximum Gasteiger partial charge on any atom is 0.293 e. The summed E-state index contributed by atoms with van der Waals surface area (Å²) in [4.78, 5) is 33.9. The Bertz CT molecular complexity index is 2890. The lowest BCUT2D eigenvalue weighted by Gasteiger charge is -2.25. The Morgan fingerprint density at radius 3 is 2.52 bits per heavy atom. The van der Waals surface area contributed by atoms with Gasteiger partial charge in [-0.25, -0.2) is 31.0 Å². The summed E-state index contributed by atoms with van der Waals surface area (Å²) in [5.74, 6) is -8.90. The second kappa shape index (κ2) is 16.7. The Hall–Kier alpha value is -5.89. The number of halogens is 7. The van der Waals surface area contributed by atoms with E-state index in [1.165, 1.54) is 31.3 Å². The van der Waals surface area contributed by atoms with Crippen molar-refractivity contribution in [3.05, 3.63) is 122 Å². The Labute approximate surface area is 361 Å². The molecular weight excluding hydrogens is 878 g/mol. The number of anilines is 1. The summed E-state index contributed by atoms with van der Waals surface area (Å²) >= 11 is 6.55. The number of ether oxygens (including phenoxy) is 1. The molecule has 13 nitrogen and oxygen atoms in total. The number of nitrogens with zero attached hydrogens (tertiary/aromatic N) is 5. The standard InChI is InChI=1S/C42H39ClF6N8O5S/c1-51-35-31(11-10-28(43)34(35)39(50)55-63(2,60)61)57-40(53-29-16-24(8-9-25(29)41(57)59)62-19-20-6-4-3-5-7-20)30(14-21-12-22(44)15-23(45)13-21)52-32(58)18-56-37-33(36(54-56)38(46)47)26-17-27(26)42(37,48)49/h3-4,8-13,15-16,20,26-27,30,38,51H,5-7,14,17-19H2,1-2H3,(H2,50,55)(H,52,58)/t20?,26-,27+,30-/m0/s1. The number of rotatable bonds is 14. The van der Waals surface area contributed by atoms with Crippen molar-refractivity contribution < 1.29 is 44.3 Å². The summed E-state index contributed by atoms with van der Waals surface area (Å²) < 4.78 is 124. The topological polar surface area (TPSA) is 176 Å². The fourth-order valence-corrected chi connectivity index (χ4v) is 9.27. The molecule has 0 radical (unpaired) electrons. The maximum absolute atomic E-state index is 15.5. The van der Waals surface area contributed by atoms with Crippen LogP contribution in [0, 0.1) is 23.5 Å². The van der Waals surface area contributed by atoms with E-state index in [1.54, 1.807) is 6.07 Å². The Morgan fingerprint density at radius 2 is 1.86 bits per heavy atom. The van der Waals surface area contributed by atoms with Gasteiger partial charge < -0.3 is 21.1 Å². The molecule has 21 heteroatoms. The summed E-state index contributed by atoms with van der Waals surface area (Å²) in [5, 5.41) is 9.20. The number of nitrogens with one attached hydrogen (secondary N) is 2. The molecule has 3 aliphatic carbocycles. The van der Waals surface area contributed by atoms with Crippen LogP contribution in [0.1, 0.15) is 78.0 Å². The molecule has 1 unspecified atom stereocenters. The first-order chi connectivity index (χ1) is 29.8. The number of carbonyl (C=O) groups is 1. The highest BCUT2D eigenvalue weighted by Crippen LogP contribution is 2.68. The minimum Gasteiger partial charge on any atom is -0.493 e. The predicted molar refractivity (Wildman–Crippen MR) is 222 cm³/mol. The zero-order valence-corrected chi connectivity index (χ0v) is 35.1. The van der Waals surface area contributed by atoms with Gasteiger partial charge in [0.05, 0.1) is 51.8 Å². The third-order valence-electron chi connectivity index (χ3n) is 11.3. The lowest BCUT2D eigenvalue weighted by Crippen LogP contribution is -2.38. The highest BCUT2D eigenvalue weighted by atomic mass is 35.5. The number of allylic oxidation sites excluding steroid dienone is 2. The zero-order chi connectivity index (χ0) is 45.1. The number of aromatic nitrogens is 4. The number of hydrogen-bond acceptors (Lipinski definition) is 8. The Balaban J connectivity index is 1.30. The average Bonchev–Trinajstić information content (AvgIpc) is 3.87. The van der Waals surface area contributed by atoms with Crippen LogP contribution in [0.15, 0.2) is 69.9 Å². The number of nitrogens with two attached hydrogens (primary N) is 1. The van der Waals surface area contributed by atoms with E-state index in [-0.39, 0.29) is 62.2 Å². The molecule has 2 heterocycles. The number of amides is 1. The van der Waals surface area contributed by atoms with E-state index in [4.69, 9.17) is 27.1 Å². The van der Waals surface area contributed by atoms with Crippen LogP contribution >= 0.6 is 11.6 Å². The lowest BCUT2D eigenvalue weighted by atomic mass is 9.95. The van der Waals surface area contributed by atoms with Crippen molar-refractivity contribution in [1.82, 2.24) is 24.6 Å². The molecule has 0 aliphatic heterocycles. The van der Waals surface area contributed by atoms with Crippen molar-refractivity contribution >= 4 is 50.0 Å². The number of fused-ring (bicyclic) bond motifs is 4. The molecular formula is C42H39ClF6N8O5S. The number of carbonyl (C=O) groups excluding carboxylic acids is 1. The first kappa shape index (κ1) is 43.7. The predicted octanol–water partition coefficient (Wildman–Crippen LogP) is 7.20. The first-order valence-electron chi connectivity index (χ1n) is 19.8. The monoisotopic (exact) mass is 916 g/mol. The fourth-order valence-electron chi connectivity index (χ4n) is 8.57. The summed E-state index contributed by atoms with van der Waals surface area (Å²) in [5.41, 5.74) is 3.25. The van der Waals surface area contributed by atoms with Gasteiger partial charge in [0, 0.05) is 37.1 Å². The van der Waals surface area contributed by atoms with Crippen LogP contribution < -0.4 is 26.7 Å². The number of hydrogen-bond donors (Lipinski definition) is 3. The molecule has 1 fully saturated rings. The smallest absolute Gasteiger partial charge is 0.293 e. The van der Waals surface area contributed by atoms with E-state index in [9.17, 15) is 35.6 Å².